The fourth-order valence-corrected chi connectivity index (χ4v) is 4.66. The lowest BCUT2D eigenvalue weighted by atomic mass is 9.70. The second-order valence-electron chi connectivity index (χ2n) is 8.53. The van der Waals surface area contributed by atoms with E-state index in [2.05, 4.69) is 70.2 Å². The second kappa shape index (κ2) is 9.96. The van der Waals surface area contributed by atoms with Crippen molar-refractivity contribution in [2.75, 3.05) is 13.1 Å². The normalized spacial score (nSPS) is 14.9. The number of hydrogen-bond donors (Lipinski definition) is 2. The van der Waals surface area contributed by atoms with Gasteiger partial charge in [0.05, 0.1) is 5.69 Å². The highest BCUT2D eigenvalue weighted by Gasteiger charge is 2.41. The molecule has 1 aliphatic rings. The van der Waals surface area contributed by atoms with Crippen molar-refractivity contribution in [3.8, 4) is 0 Å². The number of rotatable bonds is 4. The van der Waals surface area contributed by atoms with Crippen LogP contribution in [0, 0.1) is 0 Å². The number of carboxylic acid groups (broad SMARTS) is 1. The summed E-state index contributed by atoms with van der Waals surface area (Å²) < 4.78 is 3.22. The first-order valence-corrected chi connectivity index (χ1v) is 11.5. The number of hydrogen-bond acceptors (Lipinski definition) is 5. The largest absolute Gasteiger partial charge is 0.483 e. The summed E-state index contributed by atoms with van der Waals surface area (Å²) in [5.74, 6) is -0.156. The summed E-state index contributed by atoms with van der Waals surface area (Å²) in [7, 11) is 1.53. The molecule has 0 aliphatic carbocycles. The second-order valence-corrected chi connectivity index (χ2v) is 8.53. The summed E-state index contributed by atoms with van der Waals surface area (Å²) in [6, 6.07) is 14.7. The molecule has 0 radical (unpaired) electrons. The summed E-state index contributed by atoms with van der Waals surface area (Å²) in [5, 5.41) is 10.9. The first kappa shape index (κ1) is 23.9. The Labute approximate surface area is 201 Å². The van der Waals surface area contributed by atoms with Crippen LogP contribution in [0.5, 0.6) is 0 Å². The molecule has 1 aromatic carbocycles. The van der Waals surface area contributed by atoms with Crippen LogP contribution in [0.4, 0.5) is 0 Å². The Kier molecular flexibility index (Phi) is 6.81. The Morgan fingerprint density at radius 3 is 2.49 bits per heavy atom. The van der Waals surface area contributed by atoms with Crippen LogP contribution >= 0.6 is 0 Å². The number of nitrogens with one attached hydrogen (secondary N) is 1. The van der Waals surface area contributed by atoms with Crippen molar-refractivity contribution in [2.24, 2.45) is 7.05 Å². The molecule has 1 aliphatic heterocycles. The zero-order valence-electron chi connectivity index (χ0n) is 19.7. The molecular weight excluding hydrogens is 448 g/mol. The molecule has 10 heteroatoms. The number of imidazole rings is 1. The predicted octanol–water partition coefficient (Wildman–Crippen LogP) is 2.24. The van der Waals surface area contributed by atoms with E-state index in [0.717, 1.165) is 35.3 Å². The number of nitrogens with zero attached hydrogens (tertiary/aromatic N) is 5. The number of aromatic amines is 1. The van der Waals surface area contributed by atoms with Crippen LogP contribution in [0.2, 0.25) is 0 Å². The van der Waals surface area contributed by atoms with Crippen LogP contribution in [0.25, 0.3) is 5.65 Å². The number of amides is 1. The maximum absolute atomic E-state index is 12.9. The van der Waals surface area contributed by atoms with Gasteiger partial charge in [-0.3, -0.25) is 14.6 Å². The van der Waals surface area contributed by atoms with E-state index in [1.807, 2.05) is 6.07 Å². The quantitative estimate of drug-likeness (QED) is 0.435. The first-order valence-electron chi connectivity index (χ1n) is 11.5. The highest BCUT2D eigenvalue weighted by Crippen LogP contribution is 2.41. The summed E-state index contributed by atoms with van der Waals surface area (Å²) >= 11 is 0. The monoisotopic (exact) mass is 476 g/mol. The van der Waals surface area contributed by atoms with Crippen LogP contribution in [0.15, 0.2) is 59.7 Å². The fraction of sp³-hybridized carbons (Fsp3) is 0.320. The molecule has 0 spiro atoms. The molecule has 4 heterocycles. The first-order chi connectivity index (χ1) is 16.9. The molecule has 1 saturated heterocycles. The topological polar surface area (TPSA) is 126 Å². The molecule has 182 valence electrons. The van der Waals surface area contributed by atoms with Crippen LogP contribution in [0.1, 0.15) is 47.2 Å². The van der Waals surface area contributed by atoms with Crippen molar-refractivity contribution in [1.29, 1.82) is 0 Å². The molecule has 1 amide bonds. The van der Waals surface area contributed by atoms with Gasteiger partial charge in [0.15, 0.2) is 0 Å². The number of carbonyl (C=O) groups is 2. The van der Waals surface area contributed by atoms with Gasteiger partial charge in [-0.15, -0.1) is 5.10 Å². The Hall–Kier alpha value is -4.21. The van der Waals surface area contributed by atoms with Crippen molar-refractivity contribution < 1.29 is 14.7 Å². The van der Waals surface area contributed by atoms with Crippen molar-refractivity contribution in [2.45, 2.75) is 31.6 Å². The number of piperidine rings is 1. The zero-order chi connectivity index (χ0) is 25.0. The predicted molar refractivity (Wildman–Crippen MR) is 129 cm³/mol. The lowest BCUT2D eigenvalue weighted by Gasteiger charge is -2.41. The molecule has 10 nitrogen and oxygen atoms in total. The molecule has 2 N–H and O–H groups in total. The Morgan fingerprint density at radius 1 is 1.20 bits per heavy atom. The van der Waals surface area contributed by atoms with Crippen molar-refractivity contribution >= 4 is 18.0 Å². The highest BCUT2D eigenvalue weighted by atomic mass is 16.3. The van der Waals surface area contributed by atoms with E-state index in [-0.39, 0.29) is 29.3 Å². The SMILES string of the molecule is CCc1ccn2cc(C3(c4ccccc4)CCN(C(=O)c4nn(C)c(=O)[nH]4)CC3)nc2c1.O=CO. The van der Waals surface area contributed by atoms with Gasteiger partial charge < -0.3 is 14.4 Å². The average Bonchev–Trinajstić information content (AvgIpc) is 3.47. The highest BCUT2D eigenvalue weighted by molar-refractivity contribution is 5.90. The van der Waals surface area contributed by atoms with Crippen LogP contribution in [-0.4, -0.2) is 59.6 Å². The van der Waals surface area contributed by atoms with Gasteiger partial charge in [-0.05, 0) is 42.5 Å². The van der Waals surface area contributed by atoms with Crippen LogP contribution in [0.3, 0.4) is 0 Å². The van der Waals surface area contributed by atoms with Gasteiger partial charge in [0.25, 0.3) is 12.4 Å². The molecule has 3 aromatic heterocycles. The smallest absolute Gasteiger partial charge is 0.343 e. The summed E-state index contributed by atoms with van der Waals surface area (Å²) in [6.07, 6.45) is 6.64. The van der Waals surface area contributed by atoms with Gasteiger partial charge in [0, 0.05) is 37.9 Å². The minimum absolute atomic E-state index is 0.0875. The van der Waals surface area contributed by atoms with Crippen molar-refractivity contribution in [3.63, 3.8) is 0 Å². The molecule has 4 aromatic rings. The van der Waals surface area contributed by atoms with Gasteiger partial charge in [0.2, 0.25) is 5.82 Å². The molecule has 0 bridgehead atoms. The molecule has 35 heavy (non-hydrogen) atoms. The van der Waals surface area contributed by atoms with E-state index in [4.69, 9.17) is 14.9 Å². The third-order valence-corrected chi connectivity index (χ3v) is 6.63. The van der Waals surface area contributed by atoms with Crippen molar-refractivity contribution in [3.05, 3.63) is 88.0 Å². The number of fused-ring (bicyclic) bond motifs is 1. The van der Waals surface area contributed by atoms with E-state index < -0.39 is 0 Å². The lowest BCUT2D eigenvalue weighted by Crippen LogP contribution is -2.46. The number of pyridine rings is 1. The van der Waals surface area contributed by atoms with Gasteiger partial charge in [0.1, 0.15) is 5.65 Å². The number of benzene rings is 1. The minimum Gasteiger partial charge on any atom is -0.483 e. The summed E-state index contributed by atoms with van der Waals surface area (Å²) in [6.45, 7) is 3.00. The third kappa shape index (κ3) is 4.59. The van der Waals surface area contributed by atoms with E-state index in [9.17, 15) is 9.59 Å². The molecule has 0 saturated carbocycles. The number of H-pyrrole nitrogens is 1. The van der Waals surface area contributed by atoms with E-state index >= 15 is 0 Å². The van der Waals surface area contributed by atoms with Gasteiger partial charge in [-0.2, -0.15) is 0 Å². The standard InChI is InChI=1S/C24H26N6O2.CH2O2/c1-3-17-9-12-30-16-19(25-20(30)15-17)24(18-7-5-4-6-8-18)10-13-29(14-11-24)22(31)21-26-23(32)28(2)27-21;2-1-3/h4-9,12,15-16H,3,10-11,13-14H2,1-2H3,(H,26,27,32);1H,(H,2,3). The number of aromatic nitrogens is 5. The average molecular weight is 477 g/mol. The fourth-order valence-electron chi connectivity index (χ4n) is 4.66. The maximum Gasteiger partial charge on any atom is 0.343 e. The van der Waals surface area contributed by atoms with E-state index in [1.54, 1.807) is 4.90 Å². The Morgan fingerprint density at radius 2 is 1.89 bits per heavy atom. The molecule has 1 fully saturated rings. The molecular formula is C25H28N6O4. The van der Waals surface area contributed by atoms with Gasteiger partial charge in [-0.25, -0.2) is 14.5 Å². The zero-order valence-corrected chi connectivity index (χ0v) is 19.7. The van der Waals surface area contributed by atoms with Gasteiger partial charge in [-0.1, -0.05) is 37.3 Å². The number of carbonyl (C=O) groups excluding carboxylic acids is 1. The maximum atomic E-state index is 12.9. The van der Waals surface area contributed by atoms with Crippen molar-refractivity contribution in [1.82, 2.24) is 29.0 Å². The molecule has 0 atom stereocenters. The van der Waals surface area contributed by atoms with Crippen LogP contribution in [-0.2, 0) is 23.7 Å². The summed E-state index contributed by atoms with van der Waals surface area (Å²) in [4.78, 5) is 42.3. The lowest BCUT2D eigenvalue weighted by molar-refractivity contribution is -0.122. The Balaban J connectivity index is 0.000000917. The Bertz CT molecular complexity index is 1380. The minimum atomic E-state index is -0.389. The number of likely N-dealkylation sites (tertiary alicyclic amines) is 1. The molecule has 5 rings (SSSR count). The number of aryl methyl sites for hydroxylation is 2. The summed E-state index contributed by atoms with van der Waals surface area (Å²) in [5.41, 5.74) is 3.76. The third-order valence-electron chi connectivity index (χ3n) is 6.63. The van der Waals surface area contributed by atoms with E-state index in [1.165, 1.54) is 18.2 Å². The van der Waals surface area contributed by atoms with E-state index in [0.29, 0.717) is 13.1 Å². The van der Waals surface area contributed by atoms with Crippen LogP contribution < -0.4 is 5.69 Å². The van der Waals surface area contributed by atoms with Gasteiger partial charge >= 0.3 is 5.69 Å². The molecule has 0 unspecified atom stereocenters.